The third kappa shape index (κ3) is 1.77. The third-order valence-corrected chi connectivity index (χ3v) is 3.75. The van der Waals surface area contributed by atoms with E-state index in [1.807, 2.05) is 13.0 Å². The molecule has 0 saturated carbocycles. The lowest BCUT2D eigenvalue weighted by Gasteiger charge is -2.14. The first kappa shape index (κ1) is 12.0. The minimum atomic E-state index is 0.399. The van der Waals surface area contributed by atoms with Gasteiger partial charge in [0.2, 0.25) is 5.76 Å². The van der Waals surface area contributed by atoms with E-state index in [9.17, 15) is 10.1 Å². The van der Waals surface area contributed by atoms with Crippen molar-refractivity contribution in [2.75, 3.05) is 0 Å². The molecule has 0 amide bonds. The van der Waals surface area contributed by atoms with Gasteiger partial charge >= 0.3 is 5.69 Å². The summed E-state index contributed by atoms with van der Waals surface area (Å²) in [5.74, 6) is 1.25. The lowest BCUT2D eigenvalue weighted by Crippen LogP contribution is -2.33. The molecule has 100 valence electrons. The first-order chi connectivity index (χ1) is 9.09. The SMILES string of the molecule is Cc1ccc(-c2c(C)n(O)c3c([n+]2=O)CCCC3)o1. The van der Waals surface area contributed by atoms with Crippen LogP contribution in [0.3, 0.4) is 0 Å². The van der Waals surface area contributed by atoms with Crippen molar-refractivity contribution in [3.8, 4) is 11.5 Å². The van der Waals surface area contributed by atoms with Crippen molar-refractivity contribution in [2.24, 2.45) is 0 Å². The maximum absolute atomic E-state index is 12.5. The molecule has 2 aromatic heterocycles. The van der Waals surface area contributed by atoms with Gasteiger partial charge in [-0.3, -0.25) is 0 Å². The van der Waals surface area contributed by atoms with Crippen LogP contribution in [0.4, 0.5) is 0 Å². The number of rotatable bonds is 1. The fourth-order valence-corrected chi connectivity index (χ4v) is 2.75. The Labute approximate surface area is 110 Å². The predicted molar refractivity (Wildman–Crippen MR) is 68.8 cm³/mol. The number of aromatic nitrogens is 2. The molecule has 3 rings (SSSR count). The van der Waals surface area contributed by atoms with Crippen LogP contribution in [0, 0.1) is 18.8 Å². The quantitative estimate of drug-likeness (QED) is 0.633. The van der Waals surface area contributed by atoms with Gasteiger partial charge in [-0.1, -0.05) is 0 Å². The summed E-state index contributed by atoms with van der Waals surface area (Å²) in [7, 11) is 0. The Morgan fingerprint density at radius 3 is 2.68 bits per heavy atom. The van der Waals surface area contributed by atoms with E-state index in [1.54, 1.807) is 13.0 Å². The number of hydrogen-bond donors (Lipinski definition) is 1. The molecular weight excluding hydrogens is 244 g/mol. The molecule has 2 aromatic rings. The summed E-state index contributed by atoms with van der Waals surface area (Å²) < 4.78 is 7.61. The van der Waals surface area contributed by atoms with E-state index < -0.39 is 0 Å². The topological polar surface area (TPSA) is 61.3 Å². The van der Waals surface area contributed by atoms with E-state index in [0.717, 1.165) is 39.9 Å². The predicted octanol–water partition coefficient (Wildman–Crippen LogP) is 2.40. The van der Waals surface area contributed by atoms with Gasteiger partial charge in [0.15, 0.2) is 0 Å². The van der Waals surface area contributed by atoms with Gasteiger partial charge in [-0.15, -0.1) is 0 Å². The highest BCUT2D eigenvalue weighted by molar-refractivity contribution is 5.52. The van der Waals surface area contributed by atoms with Crippen LogP contribution in [0.2, 0.25) is 0 Å². The molecule has 5 nitrogen and oxygen atoms in total. The van der Waals surface area contributed by atoms with E-state index in [1.165, 1.54) is 0 Å². The molecule has 2 heterocycles. The van der Waals surface area contributed by atoms with Gasteiger partial charge in [-0.25, -0.2) is 0 Å². The number of fused-ring (bicyclic) bond motifs is 1. The van der Waals surface area contributed by atoms with Crippen LogP contribution in [-0.2, 0) is 12.8 Å². The average molecular weight is 261 g/mol. The molecule has 1 aliphatic rings. The molecule has 0 unspecified atom stereocenters. The van der Waals surface area contributed by atoms with Crippen LogP contribution in [0.5, 0.6) is 0 Å². The normalized spacial score (nSPS) is 14.4. The Kier molecular flexibility index (Phi) is 2.69. The van der Waals surface area contributed by atoms with Crippen LogP contribution in [0.25, 0.3) is 11.5 Å². The summed E-state index contributed by atoms with van der Waals surface area (Å²) in [6.45, 7) is 3.57. The Balaban J connectivity index is 2.31. The van der Waals surface area contributed by atoms with Gasteiger partial charge in [0, 0.05) is 11.3 Å². The summed E-state index contributed by atoms with van der Waals surface area (Å²) in [5, 5.41) is 10.2. The van der Waals surface area contributed by atoms with Gasteiger partial charge in [-0.2, -0.15) is 4.73 Å². The smallest absolute Gasteiger partial charge is 0.327 e. The van der Waals surface area contributed by atoms with Crippen molar-refractivity contribution < 1.29 is 14.1 Å². The molecule has 0 saturated heterocycles. The van der Waals surface area contributed by atoms with Gasteiger partial charge in [-0.05, 0) is 45.2 Å². The first-order valence-corrected chi connectivity index (χ1v) is 6.55. The second-order valence-electron chi connectivity index (χ2n) is 5.05. The minimum Gasteiger partial charge on any atom is -0.455 e. The molecule has 0 bridgehead atoms. The first-order valence-electron chi connectivity index (χ1n) is 6.55. The van der Waals surface area contributed by atoms with Gasteiger partial charge in [0.25, 0.3) is 5.69 Å². The van der Waals surface area contributed by atoms with Crippen molar-refractivity contribution in [1.82, 2.24) is 4.73 Å². The highest BCUT2D eigenvalue weighted by Gasteiger charge is 2.32. The maximum atomic E-state index is 12.5. The van der Waals surface area contributed by atoms with E-state index in [4.69, 9.17) is 4.42 Å². The fraction of sp³-hybridized carbons (Fsp3) is 0.429. The van der Waals surface area contributed by atoms with E-state index in [2.05, 4.69) is 0 Å². The number of furan rings is 1. The molecule has 0 atom stereocenters. The fourth-order valence-electron chi connectivity index (χ4n) is 2.75. The standard InChI is InChI=1S/C14H17N2O3/c1-9-7-8-13(19-9)14-10(2)15(17)11-5-3-4-6-12(11)16(14)18/h7-8,17H,3-6H2,1-2H3/q+1. The van der Waals surface area contributed by atoms with Crippen LogP contribution in [0.1, 0.15) is 35.7 Å². The lowest BCUT2D eigenvalue weighted by atomic mass is 9.99. The number of hydrogen-bond acceptors (Lipinski definition) is 3. The van der Waals surface area contributed by atoms with Crippen molar-refractivity contribution in [1.29, 1.82) is 0 Å². The van der Waals surface area contributed by atoms with Gasteiger partial charge < -0.3 is 9.62 Å². The maximum Gasteiger partial charge on any atom is 0.327 e. The second kappa shape index (κ2) is 4.26. The second-order valence-corrected chi connectivity index (χ2v) is 5.05. The van der Waals surface area contributed by atoms with E-state index >= 15 is 0 Å². The van der Waals surface area contributed by atoms with Crippen LogP contribution in [-0.4, -0.2) is 9.94 Å². The number of nitrogens with zero attached hydrogens (tertiary/aromatic N) is 2. The molecule has 1 N–H and O–H groups in total. The lowest BCUT2D eigenvalue weighted by molar-refractivity contribution is -0.496. The Morgan fingerprint density at radius 1 is 1.26 bits per heavy atom. The summed E-state index contributed by atoms with van der Waals surface area (Å²) in [6, 6.07) is 3.58. The Morgan fingerprint density at radius 2 is 2.00 bits per heavy atom. The van der Waals surface area contributed by atoms with Crippen LogP contribution < -0.4 is 4.43 Å². The zero-order chi connectivity index (χ0) is 13.6. The Bertz CT molecular complexity index is 697. The van der Waals surface area contributed by atoms with Gasteiger partial charge in [0.1, 0.15) is 17.1 Å². The monoisotopic (exact) mass is 261 g/mol. The highest BCUT2D eigenvalue weighted by atomic mass is 16.5. The molecule has 0 radical (unpaired) electrons. The third-order valence-electron chi connectivity index (χ3n) is 3.75. The van der Waals surface area contributed by atoms with Gasteiger partial charge in [0.05, 0.1) is 4.43 Å². The zero-order valence-electron chi connectivity index (χ0n) is 11.1. The van der Waals surface area contributed by atoms with Crippen molar-refractivity contribution in [3.05, 3.63) is 39.9 Å². The summed E-state index contributed by atoms with van der Waals surface area (Å²) in [6.07, 6.45) is 3.43. The zero-order valence-corrected chi connectivity index (χ0v) is 11.1. The number of aryl methyl sites for hydroxylation is 1. The Hall–Kier alpha value is -2.04. The summed E-state index contributed by atoms with van der Waals surface area (Å²) in [5.41, 5.74) is 2.30. The highest BCUT2D eigenvalue weighted by Crippen LogP contribution is 2.25. The molecule has 1 aliphatic carbocycles. The van der Waals surface area contributed by atoms with Crippen LogP contribution >= 0.6 is 0 Å². The van der Waals surface area contributed by atoms with Crippen molar-refractivity contribution in [2.45, 2.75) is 39.5 Å². The molecule has 0 spiro atoms. The average Bonchev–Trinajstić information content (AvgIpc) is 2.83. The molecule has 19 heavy (non-hydrogen) atoms. The largest absolute Gasteiger partial charge is 0.455 e. The van der Waals surface area contributed by atoms with E-state index in [0.29, 0.717) is 29.3 Å². The molecule has 0 aromatic carbocycles. The molecule has 0 aliphatic heterocycles. The minimum absolute atomic E-state index is 0.399. The molecular formula is C14H17N2O3+. The molecule has 5 heteroatoms. The van der Waals surface area contributed by atoms with E-state index in [-0.39, 0.29) is 0 Å². The van der Waals surface area contributed by atoms with Crippen molar-refractivity contribution in [3.63, 3.8) is 0 Å². The van der Waals surface area contributed by atoms with Crippen molar-refractivity contribution >= 4 is 0 Å². The van der Waals surface area contributed by atoms with Crippen LogP contribution in [0.15, 0.2) is 16.5 Å². The molecule has 0 fully saturated rings. The summed E-state index contributed by atoms with van der Waals surface area (Å²) >= 11 is 0. The summed E-state index contributed by atoms with van der Waals surface area (Å²) in [4.78, 5) is 12.5.